The van der Waals surface area contributed by atoms with Gasteiger partial charge in [0, 0.05) is 17.4 Å². The van der Waals surface area contributed by atoms with Gasteiger partial charge in [-0.25, -0.2) is 26.8 Å². The number of aromatic nitrogens is 2. The highest BCUT2D eigenvalue weighted by Gasteiger charge is 2.16. The summed E-state index contributed by atoms with van der Waals surface area (Å²) < 4.78 is 53.5. The highest BCUT2D eigenvalue weighted by atomic mass is 32.2. The molecule has 0 saturated heterocycles. The van der Waals surface area contributed by atoms with Crippen molar-refractivity contribution >= 4 is 31.6 Å². The molecule has 1 aromatic carbocycles. The normalized spacial score (nSPS) is 12.0. The number of hydrogen-bond donors (Lipinski definition) is 2. The van der Waals surface area contributed by atoms with Crippen molar-refractivity contribution in [2.45, 2.75) is 38.5 Å². The molecule has 0 aliphatic rings. The van der Waals surface area contributed by atoms with Gasteiger partial charge in [-0.2, -0.15) is 0 Å². The topological polar surface area (TPSA) is 118 Å². The van der Waals surface area contributed by atoms with Gasteiger partial charge in [0.15, 0.2) is 0 Å². The molecule has 2 N–H and O–H groups in total. The van der Waals surface area contributed by atoms with E-state index in [9.17, 15) is 16.8 Å². The number of nitrogens with one attached hydrogen (secondary N) is 2. The molecule has 142 valence electrons. The lowest BCUT2D eigenvalue weighted by Crippen LogP contribution is -2.17. The fourth-order valence-corrected chi connectivity index (χ4v) is 4.49. The lowest BCUT2D eigenvalue weighted by Gasteiger charge is -2.10. The highest BCUT2D eigenvalue weighted by Crippen LogP contribution is 2.18. The van der Waals surface area contributed by atoms with Gasteiger partial charge < -0.3 is 0 Å². The summed E-state index contributed by atoms with van der Waals surface area (Å²) in [5, 5.41) is 0. The Morgan fingerprint density at radius 1 is 0.962 bits per heavy atom. The van der Waals surface area contributed by atoms with Crippen LogP contribution in [0.4, 0.5) is 11.5 Å². The molecule has 0 atom stereocenters. The standard InChI is InChI=1S/C16H22N4O4S2/c1-4-5-10-25(21,22)19-14-6-8-15(9-7-14)26(23,24)20-16-11-12(2)17-13(3)18-16/h6-9,11,19H,4-5,10H2,1-3H3,(H,17,18,20). The molecule has 1 heterocycles. The summed E-state index contributed by atoms with van der Waals surface area (Å²) in [7, 11) is -7.27. The summed E-state index contributed by atoms with van der Waals surface area (Å²) in [6.45, 7) is 5.32. The number of benzene rings is 1. The zero-order valence-electron chi connectivity index (χ0n) is 14.9. The van der Waals surface area contributed by atoms with Crippen LogP contribution >= 0.6 is 0 Å². The maximum atomic E-state index is 12.5. The van der Waals surface area contributed by atoms with E-state index in [0.717, 1.165) is 6.42 Å². The summed E-state index contributed by atoms with van der Waals surface area (Å²) in [5.74, 6) is 0.663. The van der Waals surface area contributed by atoms with Crippen LogP contribution < -0.4 is 9.44 Å². The minimum Gasteiger partial charge on any atom is -0.284 e. The average Bonchev–Trinajstić information content (AvgIpc) is 2.51. The molecular weight excluding hydrogens is 376 g/mol. The zero-order valence-corrected chi connectivity index (χ0v) is 16.5. The molecule has 2 aromatic rings. The van der Waals surface area contributed by atoms with Crippen LogP contribution in [0, 0.1) is 13.8 Å². The number of anilines is 2. The predicted molar refractivity (Wildman–Crippen MR) is 101 cm³/mol. The van der Waals surface area contributed by atoms with E-state index in [1.54, 1.807) is 13.8 Å². The molecule has 0 saturated carbocycles. The van der Waals surface area contributed by atoms with Crippen LogP contribution in [-0.4, -0.2) is 32.6 Å². The Labute approximate surface area is 154 Å². The van der Waals surface area contributed by atoms with E-state index in [0.29, 0.717) is 23.6 Å². The fraction of sp³-hybridized carbons (Fsp3) is 0.375. The Morgan fingerprint density at radius 2 is 1.62 bits per heavy atom. The van der Waals surface area contributed by atoms with E-state index < -0.39 is 20.0 Å². The monoisotopic (exact) mass is 398 g/mol. The molecule has 1 aromatic heterocycles. The Kier molecular flexibility index (Phi) is 6.19. The number of sulfonamides is 2. The molecule has 0 unspecified atom stereocenters. The Hall–Kier alpha value is -2.20. The second-order valence-corrected chi connectivity index (χ2v) is 9.37. The van der Waals surface area contributed by atoms with Crippen molar-refractivity contribution in [1.82, 2.24) is 9.97 Å². The van der Waals surface area contributed by atoms with Gasteiger partial charge in [0.05, 0.1) is 10.6 Å². The molecule has 10 heteroatoms. The van der Waals surface area contributed by atoms with Crippen molar-refractivity contribution in [2.75, 3.05) is 15.2 Å². The van der Waals surface area contributed by atoms with Crippen LogP contribution in [0.5, 0.6) is 0 Å². The van der Waals surface area contributed by atoms with E-state index in [-0.39, 0.29) is 16.5 Å². The quantitative estimate of drug-likeness (QED) is 0.705. The second-order valence-electron chi connectivity index (χ2n) is 5.85. The third-order valence-corrected chi connectivity index (χ3v) is 6.15. The summed E-state index contributed by atoms with van der Waals surface area (Å²) in [6.07, 6.45) is 1.33. The molecule has 0 aliphatic heterocycles. The van der Waals surface area contributed by atoms with Gasteiger partial charge in [-0.1, -0.05) is 13.3 Å². The van der Waals surface area contributed by atoms with Gasteiger partial charge >= 0.3 is 0 Å². The van der Waals surface area contributed by atoms with Crippen molar-refractivity contribution in [2.24, 2.45) is 0 Å². The van der Waals surface area contributed by atoms with Crippen LogP contribution in [0.25, 0.3) is 0 Å². The Bertz CT molecular complexity index is 952. The first kappa shape index (κ1) is 20.1. The number of rotatable bonds is 8. The summed E-state index contributed by atoms with van der Waals surface area (Å²) >= 11 is 0. The van der Waals surface area contributed by atoms with Gasteiger partial charge in [0.2, 0.25) is 10.0 Å². The van der Waals surface area contributed by atoms with E-state index in [4.69, 9.17) is 0 Å². The average molecular weight is 399 g/mol. The van der Waals surface area contributed by atoms with Crippen molar-refractivity contribution in [3.05, 3.63) is 41.9 Å². The summed E-state index contributed by atoms with van der Waals surface area (Å²) in [5.41, 5.74) is 0.959. The second kappa shape index (κ2) is 8.00. The van der Waals surface area contributed by atoms with E-state index in [2.05, 4.69) is 19.4 Å². The van der Waals surface area contributed by atoms with E-state index in [1.165, 1.54) is 30.3 Å². The maximum Gasteiger partial charge on any atom is 0.263 e. The maximum absolute atomic E-state index is 12.5. The van der Waals surface area contributed by atoms with Crippen molar-refractivity contribution in [1.29, 1.82) is 0 Å². The zero-order chi connectivity index (χ0) is 19.4. The first-order chi connectivity index (χ1) is 12.1. The van der Waals surface area contributed by atoms with Crippen molar-refractivity contribution in [3.8, 4) is 0 Å². The smallest absolute Gasteiger partial charge is 0.263 e. The molecule has 0 aliphatic carbocycles. The van der Waals surface area contributed by atoms with Crippen LogP contribution in [0.3, 0.4) is 0 Å². The SMILES string of the molecule is CCCCS(=O)(=O)Nc1ccc(S(=O)(=O)Nc2cc(C)nc(C)n2)cc1. The van der Waals surface area contributed by atoms with E-state index >= 15 is 0 Å². The Balaban J connectivity index is 2.16. The first-order valence-corrected chi connectivity index (χ1v) is 11.2. The van der Waals surface area contributed by atoms with Crippen molar-refractivity contribution in [3.63, 3.8) is 0 Å². The summed E-state index contributed by atoms with van der Waals surface area (Å²) in [4.78, 5) is 8.14. The first-order valence-electron chi connectivity index (χ1n) is 8.07. The lowest BCUT2D eigenvalue weighted by atomic mass is 10.3. The van der Waals surface area contributed by atoms with Gasteiger partial charge in [0.25, 0.3) is 10.0 Å². The molecule has 8 nitrogen and oxygen atoms in total. The predicted octanol–water partition coefficient (Wildman–Crippen LogP) is 2.44. The third-order valence-electron chi connectivity index (χ3n) is 3.41. The molecule has 0 radical (unpaired) electrons. The molecule has 0 bridgehead atoms. The van der Waals surface area contributed by atoms with Crippen LogP contribution in [-0.2, 0) is 20.0 Å². The highest BCUT2D eigenvalue weighted by molar-refractivity contribution is 7.93. The van der Waals surface area contributed by atoms with Crippen LogP contribution in [0.2, 0.25) is 0 Å². The van der Waals surface area contributed by atoms with Crippen molar-refractivity contribution < 1.29 is 16.8 Å². The Morgan fingerprint density at radius 3 is 2.19 bits per heavy atom. The van der Waals surface area contributed by atoms with E-state index in [1.807, 2.05) is 6.92 Å². The number of unbranched alkanes of at least 4 members (excludes halogenated alkanes) is 1. The minimum atomic E-state index is -3.84. The van der Waals surface area contributed by atoms with Gasteiger partial charge in [-0.3, -0.25) is 9.44 Å². The molecule has 0 amide bonds. The number of nitrogens with zero attached hydrogens (tertiary/aromatic N) is 2. The molecule has 26 heavy (non-hydrogen) atoms. The lowest BCUT2D eigenvalue weighted by molar-refractivity contribution is 0.597. The van der Waals surface area contributed by atoms with Gasteiger partial charge in [-0.15, -0.1) is 0 Å². The van der Waals surface area contributed by atoms with Crippen LogP contribution in [0.15, 0.2) is 35.2 Å². The number of hydrogen-bond acceptors (Lipinski definition) is 6. The molecular formula is C16H22N4O4S2. The van der Waals surface area contributed by atoms with Gasteiger partial charge in [0.1, 0.15) is 11.6 Å². The minimum absolute atomic E-state index is 0.00271. The third kappa shape index (κ3) is 5.67. The van der Waals surface area contributed by atoms with Gasteiger partial charge in [-0.05, 0) is 44.5 Å². The largest absolute Gasteiger partial charge is 0.284 e. The summed E-state index contributed by atoms with van der Waals surface area (Å²) in [6, 6.07) is 7.02. The molecule has 0 fully saturated rings. The molecule has 0 spiro atoms. The fourth-order valence-electron chi connectivity index (χ4n) is 2.23. The number of aryl methyl sites for hydroxylation is 2. The molecule has 2 rings (SSSR count). The van der Waals surface area contributed by atoms with Crippen LogP contribution in [0.1, 0.15) is 31.3 Å².